The van der Waals surface area contributed by atoms with E-state index in [4.69, 9.17) is 9.90 Å². The predicted molar refractivity (Wildman–Crippen MR) is 97.2 cm³/mol. The summed E-state index contributed by atoms with van der Waals surface area (Å²) in [7, 11) is -3.32. The van der Waals surface area contributed by atoms with Gasteiger partial charge in [-0.2, -0.15) is 0 Å². The van der Waals surface area contributed by atoms with Crippen LogP contribution >= 0.6 is 0 Å². The van der Waals surface area contributed by atoms with Crippen molar-refractivity contribution in [2.75, 3.05) is 17.5 Å². The molecule has 0 spiro atoms. The second kappa shape index (κ2) is 8.43. The maximum absolute atomic E-state index is 11.3. The molecule has 2 aromatic rings. The molecule has 1 aliphatic rings. The van der Waals surface area contributed by atoms with Gasteiger partial charge in [0, 0.05) is 30.6 Å². The lowest BCUT2D eigenvalue weighted by Gasteiger charge is -2.09. The molecule has 3 N–H and O–H groups in total. The number of carboxylic acid groups (broad SMARTS) is 1. The molecule has 2 heterocycles. The van der Waals surface area contributed by atoms with Gasteiger partial charge < -0.3 is 10.4 Å². The van der Waals surface area contributed by atoms with Gasteiger partial charge in [-0.1, -0.05) is 24.3 Å². The summed E-state index contributed by atoms with van der Waals surface area (Å²) in [5.74, 6) is 0.622. The van der Waals surface area contributed by atoms with Crippen molar-refractivity contribution in [1.82, 2.24) is 10.3 Å². The monoisotopic (exact) mass is 377 g/mol. The molecular weight excluding hydrogens is 358 g/mol. The van der Waals surface area contributed by atoms with Crippen molar-refractivity contribution in [3.8, 4) is 11.1 Å². The SMILES string of the molecule is CS(=O)(=O)Nc1ccc(-c2ccc(C3CNC(=O)C3)cc2)cn1.O=CO. The summed E-state index contributed by atoms with van der Waals surface area (Å²) in [6, 6.07) is 11.4. The van der Waals surface area contributed by atoms with Crippen LogP contribution in [0.5, 0.6) is 0 Å². The summed E-state index contributed by atoms with van der Waals surface area (Å²) in [6.07, 6.45) is 3.25. The molecule has 0 aliphatic carbocycles. The van der Waals surface area contributed by atoms with E-state index in [9.17, 15) is 13.2 Å². The molecule has 0 radical (unpaired) electrons. The third-order valence-corrected chi connectivity index (χ3v) is 4.33. The maximum atomic E-state index is 11.3. The molecule has 1 saturated heterocycles. The smallest absolute Gasteiger partial charge is 0.290 e. The van der Waals surface area contributed by atoms with Crippen molar-refractivity contribution in [3.05, 3.63) is 48.2 Å². The first-order valence-electron chi connectivity index (χ1n) is 7.71. The van der Waals surface area contributed by atoms with Crippen LogP contribution in [0.25, 0.3) is 11.1 Å². The van der Waals surface area contributed by atoms with Crippen LogP contribution < -0.4 is 10.0 Å². The molecule has 9 heteroatoms. The third kappa shape index (κ3) is 5.55. The molecule has 0 saturated carbocycles. The Morgan fingerprint density at radius 1 is 1.19 bits per heavy atom. The Balaban J connectivity index is 0.000000758. The number of nitrogens with one attached hydrogen (secondary N) is 2. The molecule has 3 rings (SSSR count). The number of carbonyl (C=O) groups is 2. The Morgan fingerprint density at radius 2 is 1.81 bits per heavy atom. The van der Waals surface area contributed by atoms with Crippen LogP contribution in [-0.2, 0) is 19.6 Å². The number of carbonyl (C=O) groups excluding carboxylic acids is 1. The maximum Gasteiger partial charge on any atom is 0.290 e. The highest BCUT2D eigenvalue weighted by Gasteiger charge is 2.22. The molecular formula is C17H19N3O5S. The molecule has 138 valence electrons. The van der Waals surface area contributed by atoms with Crippen molar-refractivity contribution >= 4 is 28.2 Å². The second-order valence-electron chi connectivity index (χ2n) is 5.74. The number of nitrogens with zero attached hydrogens (tertiary/aromatic N) is 1. The predicted octanol–water partition coefficient (Wildman–Crippen LogP) is 1.42. The molecule has 1 aromatic heterocycles. The van der Waals surface area contributed by atoms with E-state index in [2.05, 4.69) is 15.0 Å². The number of anilines is 1. The van der Waals surface area contributed by atoms with Crippen LogP contribution in [0.1, 0.15) is 17.9 Å². The van der Waals surface area contributed by atoms with Gasteiger partial charge in [-0.25, -0.2) is 13.4 Å². The van der Waals surface area contributed by atoms with Gasteiger partial charge in [-0.3, -0.25) is 14.3 Å². The fourth-order valence-corrected chi connectivity index (χ4v) is 3.10. The third-order valence-electron chi connectivity index (χ3n) is 3.75. The lowest BCUT2D eigenvalue weighted by atomic mass is 9.96. The van der Waals surface area contributed by atoms with Crippen LogP contribution in [0.3, 0.4) is 0 Å². The molecule has 8 nitrogen and oxygen atoms in total. The van der Waals surface area contributed by atoms with Crippen LogP contribution in [0.4, 0.5) is 5.82 Å². The lowest BCUT2D eigenvalue weighted by molar-refractivity contribution is -0.123. The molecule has 0 bridgehead atoms. The van der Waals surface area contributed by atoms with Crippen molar-refractivity contribution < 1.29 is 23.1 Å². The van der Waals surface area contributed by atoms with Crippen molar-refractivity contribution in [1.29, 1.82) is 0 Å². The van der Waals surface area contributed by atoms with Crippen molar-refractivity contribution in [2.45, 2.75) is 12.3 Å². The first-order valence-corrected chi connectivity index (χ1v) is 9.60. The summed E-state index contributed by atoms with van der Waals surface area (Å²) in [6.45, 7) is 0.436. The highest BCUT2D eigenvalue weighted by atomic mass is 32.2. The van der Waals surface area contributed by atoms with Gasteiger partial charge in [-0.15, -0.1) is 0 Å². The van der Waals surface area contributed by atoms with E-state index in [-0.39, 0.29) is 18.3 Å². The summed E-state index contributed by atoms with van der Waals surface area (Å²) in [5.41, 5.74) is 3.02. The number of hydrogen-bond acceptors (Lipinski definition) is 5. The Labute approximate surface area is 151 Å². The summed E-state index contributed by atoms with van der Waals surface area (Å²) in [4.78, 5) is 23.7. The van der Waals surface area contributed by atoms with Gasteiger partial charge in [0.1, 0.15) is 5.82 Å². The molecule has 1 aliphatic heterocycles. The normalized spacial score (nSPS) is 16.2. The van der Waals surface area contributed by atoms with Gasteiger partial charge >= 0.3 is 0 Å². The summed E-state index contributed by atoms with van der Waals surface area (Å²) in [5, 5.41) is 9.72. The van der Waals surface area contributed by atoms with E-state index in [1.165, 1.54) is 0 Å². The second-order valence-corrected chi connectivity index (χ2v) is 7.49. The standard InChI is InChI=1S/C16H17N3O3S.CH2O2/c1-23(21,22)19-15-7-6-13(9-17-15)11-2-4-12(5-3-11)14-8-16(20)18-10-14;2-1-3/h2-7,9,14H,8,10H2,1H3,(H,17,19)(H,18,20);1H,(H,2,3). The lowest BCUT2D eigenvalue weighted by Crippen LogP contribution is -2.13. The number of rotatable bonds is 4. The molecule has 1 atom stereocenters. The van der Waals surface area contributed by atoms with Crippen LogP contribution in [0.2, 0.25) is 0 Å². The largest absolute Gasteiger partial charge is 0.483 e. The fraction of sp³-hybridized carbons (Fsp3) is 0.235. The first-order chi connectivity index (χ1) is 12.3. The molecule has 1 aromatic carbocycles. The van der Waals surface area contributed by atoms with E-state index in [1.54, 1.807) is 12.3 Å². The Hall–Kier alpha value is -2.94. The Morgan fingerprint density at radius 3 is 2.27 bits per heavy atom. The number of benzene rings is 1. The highest BCUT2D eigenvalue weighted by Crippen LogP contribution is 2.26. The zero-order chi connectivity index (χ0) is 19.2. The number of hydrogen-bond donors (Lipinski definition) is 3. The molecule has 1 amide bonds. The van der Waals surface area contributed by atoms with E-state index in [0.717, 1.165) is 22.9 Å². The minimum absolute atomic E-state index is 0.0947. The van der Waals surface area contributed by atoms with Gasteiger partial charge in [0.2, 0.25) is 15.9 Å². The van der Waals surface area contributed by atoms with Crippen molar-refractivity contribution in [3.63, 3.8) is 0 Å². The molecule has 1 unspecified atom stereocenters. The van der Waals surface area contributed by atoms with E-state index < -0.39 is 10.0 Å². The Bertz CT molecular complexity index is 864. The highest BCUT2D eigenvalue weighted by molar-refractivity contribution is 7.92. The van der Waals surface area contributed by atoms with Crippen LogP contribution in [0.15, 0.2) is 42.6 Å². The first kappa shape index (κ1) is 19.4. The van der Waals surface area contributed by atoms with Gasteiger partial charge in [0.05, 0.1) is 6.26 Å². The summed E-state index contributed by atoms with van der Waals surface area (Å²) < 4.78 is 24.7. The zero-order valence-corrected chi connectivity index (χ0v) is 14.9. The minimum atomic E-state index is -3.32. The number of sulfonamides is 1. The summed E-state index contributed by atoms with van der Waals surface area (Å²) >= 11 is 0. The van der Waals surface area contributed by atoms with Gasteiger partial charge in [-0.05, 0) is 23.3 Å². The van der Waals surface area contributed by atoms with E-state index >= 15 is 0 Å². The topological polar surface area (TPSA) is 125 Å². The van der Waals surface area contributed by atoms with Crippen LogP contribution in [0, 0.1) is 0 Å². The fourth-order valence-electron chi connectivity index (χ4n) is 2.60. The van der Waals surface area contributed by atoms with Crippen LogP contribution in [-0.4, -0.2) is 43.7 Å². The average Bonchev–Trinajstić information content (AvgIpc) is 3.02. The molecule has 26 heavy (non-hydrogen) atoms. The molecule has 1 fully saturated rings. The van der Waals surface area contributed by atoms with E-state index in [1.807, 2.05) is 30.3 Å². The quantitative estimate of drug-likeness (QED) is 0.692. The number of amides is 1. The average molecular weight is 377 g/mol. The minimum Gasteiger partial charge on any atom is -0.483 e. The van der Waals surface area contributed by atoms with Gasteiger partial charge in [0.25, 0.3) is 6.47 Å². The number of pyridine rings is 1. The van der Waals surface area contributed by atoms with E-state index in [0.29, 0.717) is 18.8 Å². The van der Waals surface area contributed by atoms with Gasteiger partial charge in [0.15, 0.2) is 0 Å². The number of aromatic nitrogens is 1. The van der Waals surface area contributed by atoms with Crippen molar-refractivity contribution in [2.24, 2.45) is 0 Å². The zero-order valence-electron chi connectivity index (χ0n) is 14.0. The Kier molecular flexibility index (Phi) is 6.29.